The largest absolute Gasteiger partial charge is 0.408 e. The quantitative estimate of drug-likeness (QED) is 0.663. The fourth-order valence-corrected chi connectivity index (χ4v) is 8.14. The van der Waals surface area contributed by atoms with Gasteiger partial charge in [-0.2, -0.15) is 0 Å². The molecule has 0 unspecified atom stereocenters. The van der Waals surface area contributed by atoms with Crippen LogP contribution in [-0.2, 0) is 17.6 Å². The molecular weight excluding hydrogens is 324 g/mol. The molecule has 0 aromatic heterocycles. The lowest BCUT2D eigenvalue weighted by Gasteiger charge is -2.43. The van der Waals surface area contributed by atoms with Crippen molar-refractivity contribution in [3.8, 4) is 0 Å². The molecule has 0 saturated carbocycles. The molecule has 0 radical (unpaired) electrons. The van der Waals surface area contributed by atoms with Gasteiger partial charge in [-0.25, -0.2) is 0 Å². The Hall–Kier alpha value is -1.42. The van der Waals surface area contributed by atoms with E-state index in [1.54, 1.807) is 0 Å². The van der Waals surface area contributed by atoms with Crippen molar-refractivity contribution >= 4 is 13.5 Å². The van der Waals surface area contributed by atoms with Crippen LogP contribution in [0.3, 0.4) is 0 Å². The number of aliphatic hydroxyl groups is 1. The van der Waals surface area contributed by atoms with Crippen molar-refractivity contribution in [3.63, 3.8) is 0 Å². The molecule has 0 saturated heterocycles. The molecule has 3 heteroatoms. The predicted octanol–water partition coefficient (Wildman–Crippen LogP) is 5.15. The molecule has 2 rings (SSSR count). The second-order valence-corrected chi connectivity index (χ2v) is 12.3. The molecule has 2 aromatic rings. The summed E-state index contributed by atoms with van der Waals surface area (Å²) < 4.78 is 6.84. The predicted molar refractivity (Wildman–Crippen MR) is 108 cm³/mol. The molecule has 0 amide bonds. The summed E-state index contributed by atoms with van der Waals surface area (Å²) >= 11 is 0. The van der Waals surface area contributed by atoms with Crippen LogP contribution in [0, 0.1) is 0 Å². The Morgan fingerprint density at radius 1 is 0.920 bits per heavy atom. The van der Waals surface area contributed by atoms with Crippen molar-refractivity contribution in [1.29, 1.82) is 0 Å². The first-order valence-electron chi connectivity index (χ1n) is 9.31. The number of benzene rings is 2. The van der Waals surface area contributed by atoms with Crippen LogP contribution in [0.15, 0.2) is 54.6 Å². The number of rotatable bonds is 8. The Morgan fingerprint density at radius 2 is 1.52 bits per heavy atom. The first kappa shape index (κ1) is 19.9. The average molecular weight is 357 g/mol. The molecule has 0 aliphatic heterocycles. The van der Waals surface area contributed by atoms with Crippen molar-refractivity contribution in [2.45, 2.75) is 64.8 Å². The van der Waals surface area contributed by atoms with E-state index in [1.165, 1.54) is 18.0 Å². The fraction of sp³-hybridized carbons (Fsp3) is 0.455. The number of hydrogen-bond acceptors (Lipinski definition) is 2. The molecule has 0 spiro atoms. The van der Waals surface area contributed by atoms with Crippen LogP contribution < -0.4 is 5.19 Å². The summed E-state index contributed by atoms with van der Waals surface area (Å²) in [6.07, 6.45) is 2.36. The van der Waals surface area contributed by atoms with Gasteiger partial charge < -0.3 is 9.53 Å². The summed E-state index contributed by atoms with van der Waals surface area (Å²) in [5.41, 5.74) is 2.06. The van der Waals surface area contributed by atoms with Gasteiger partial charge in [0, 0.05) is 0 Å². The van der Waals surface area contributed by atoms with Gasteiger partial charge in [-0.3, -0.25) is 0 Å². The van der Waals surface area contributed by atoms with Crippen LogP contribution in [0.5, 0.6) is 0 Å². The third kappa shape index (κ3) is 4.60. The van der Waals surface area contributed by atoms with E-state index in [-0.39, 0.29) is 11.6 Å². The Morgan fingerprint density at radius 3 is 2.08 bits per heavy atom. The average Bonchev–Trinajstić information content (AvgIpc) is 2.62. The van der Waals surface area contributed by atoms with Gasteiger partial charge in [-0.05, 0) is 27.4 Å². The summed E-state index contributed by atoms with van der Waals surface area (Å²) in [5, 5.41) is 11.1. The summed E-state index contributed by atoms with van der Waals surface area (Å²) in [4.78, 5) is 0. The first-order valence-corrected chi connectivity index (χ1v) is 11.4. The van der Waals surface area contributed by atoms with Crippen molar-refractivity contribution in [2.24, 2.45) is 0 Å². The van der Waals surface area contributed by atoms with Gasteiger partial charge in [0.05, 0.1) is 13.2 Å². The second-order valence-electron chi connectivity index (χ2n) is 7.76. The van der Waals surface area contributed by atoms with E-state index in [0.29, 0.717) is 6.61 Å². The Bertz CT molecular complexity index is 649. The van der Waals surface area contributed by atoms with Crippen molar-refractivity contribution < 1.29 is 9.53 Å². The van der Waals surface area contributed by atoms with Crippen LogP contribution in [0.4, 0.5) is 0 Å². The molecule has 2 nitrogen and oxygen atoms in total. The van der Waals surface area contributed by atoms with Gasteiger partial charge in [0.25, 0.3) is 0 Å². The highest BCUT2D eigenvalue weighted by Gasteiger charge is 2.47. The van der Waals surface area contributed by atoms with E-state index in [2.05, 4.69) is 64.1 Å². The van der Waals surface area contributed by atoms with Gasteiger partial charge >= 0.3 is 0 Å². The lowest BCUT2D eigenvalue weighted by Crippen LogP contribution is -2.57. The van der Waals surface area contributed by atoms with Crippen LogP contribution in [0.25, 0.3) is 0 Å². The van der Waals surface area contributed by atoms with Gasteiger partial charge in [-0.15, -0.1) is 0 Å². The third-order valence-corrected chi connectivity index (χ3v) is 10.5. The van der Waals surface area contributed by atoms with E-state index in [9.17, 15) is 5.11 Å². The van der Waals surface area contributed by atoms with Crippen LogP contribution >= 0.6 is 0 Å². The molecule has 136 valence electrons. The van der Waals surface area contributed by atoms with Crippen LogP contribution in [-0.4, -0.2) is 13.4 Å². The summed E-state index contributed by atoms with van der Waals surface area (Å²) in [7, 11) is -2.19. The first-order chi connectivity index (χ1) is 11.9. The molecule has 1 N–H and O–H groups in total. The highest BCUT2D eigenvalue weighted by Crippen LogP contribution is 2.41. The highest BCUT2D eigenvalue weighted by molar-refractivity contribution is 6.89. The van der Waals surface area contributed by atoms with Crippen LogP contribution in [0.1, 0.15) is 51.7 Å². The monoisotopic (exact) mass is 356 g/mol. The molecule has 2 aromatic carbocycles. The zero-order valence-corrected chi connectivity index (χ0v) is 17.1. The molecule has 25 heavy (non-hydrogen) atoms. The standard InChI is InChI=1S/C22H32O2Si/c1-5-6-16-25(22(2,3)4,21-14-8-7-9-15-21)24-18-20-13-11-10-12-19(20)17-23/h7-15,23H,5-6,16-18H2,1-4H3/t25-/m0/s1. The zero-order valence-electron chi connectivity index (χ0n) is 16.1. The number of unbranched alkanes of at least 4 members (excludes halogenated alkanes) is 1. The molecule has 0 bridgehead atoms. The second kappa shape index (κ2) is 8.79. The molecule has 0 aliphatic rings. The lowest BCUT2D eigenvalue weighted by atomic mass is 10.1. The molecule has 1 atom stereocenters. The van der Waals surface area contributed by atoms with E-state index in [0.717, 1.165) is 17.2 Å². The minimum Gasteiger partial charge on any atom is -0.408 e. The Labute approximate surface area is 154 Å². The summed E-state index contributed by atoms with van der Waals surface area (Å²) in [6.45, 7) is 9.83. The number of aliphatic hydroxyl groups excluding tert-OH is 1. The van der Waals surface area contributed by atoms with E-state index in [4.69, 9.17) is 4.43 Å². The van der Waals surface area contributed by atoms with Gasteiger partial charge in [-0.1, -0.05) is 95.1 Å². The van der Waals surface area contributed by atoms with Gasteiger partial charge in [0.2, 0.25) is 8.32 Å². The molecule has 0 heterocycles. The normalized spacial score (nSPS) is 14.3. The van der Waals surface area contributed by atoms with Crippen molar-refractivity contribution in [3.05, 3.63) is 65.7 Å². The maximum atomic E-state index is 9.62. The van der Waals surface area contributed by atoms with E-state index in [1.807, 2.05) is 18.2 Å². The van der Waals surface area contributed by atoms with Gasteiger partial charge in [0.15, 0.2) is 0 Å². The highest BCUT2D eigenvalue weighted by atomic mass is 28.4. The smallest absolute Gasteiger partial charge is 0.229 e. The minimum atomic E-state index is -2.19. The number of hydrogen-bond donors (Lipinski definition) is 1. The maximum absolute atomic E-state index is 9.62. The summed E-state index contributed by atoms with van der Waals surface area (Å²) in [6, 6.07) is 20.0. The molecular formula is C22H32O2Si. The summed E-state index contributed by atoms with van der Waals surface area (Å²) in [5.74, 6) is 0. The van der Waals surface area contributed by atoms with Crippen LogP contribution in [0.2, 0.25) is 11.1 Å². The van der Waals surface area contributed by atoms with Crippen molar-refractivity contribution in [1.82, 2.24) is 0 Å². The van der Waals surface area contributed by atoms with Gasteiger partial charge in [0.1, 0.15) is 0 Å². The van der Waals surface area contributed by atoms with E-state index >= 15 is 0 Å². The topological polar surface area (TPSA) is 29.5 Å². The van der Waals surface area contributed by atoms with E-state index < -0.39 is 8.32 Å². The van der Waals surface area contributed by atoms with Crippen molar-refractivity contribution in [2.75, 3.05) is 0 Å². The molecule has 0 aliphatic carbocycles. The molecule has 0 fully saturated rings. The lowest BCUT2D eigenvalue weighted by molar-refractivity contribution is 0.258. The zero-order chi connectivity index (χ0) is 18.3. The SMILES string of the molecule is CCCC[Si@](OCc1ccccc1CO)(c1ccccc1)C(C)(C)C. The Balaban J connectivity index is 2.40. The maximum Gasteiger partial charge on any atom is 0.229 e. The Kier molecular flexibility index (Phi) is 7.00. The third-order valence-electron chi connectivity index (χ3n) is 5.10. The minimum absolute atomic E-state index is 0.0594. The fourth-order valence-electron chi connectivity index (χ4n) is 3.51.